The molecule has 140 valence electrons. The van der Waals surface area contributed by atoms with E-state index in [9.17, 15) is 9.59 Å². The normalized spacial score (nSPS) is 12.2. The average molecular weight is 387 g/mol. The molecule has 1 atom stereocenters. The first-order chi connectivity index (χ1) is 12.8. The first-order valence-electron chi connectivity index (χ1n) is 8.54. The number of ether oxygens (including phenoxy) is 2. The van der Waals surface area contributed by atoms with Crippen molar-refractivity contribution < 1.29 is 18.7 Å². The Balaban J connectivity index is 1.89. The van der Waals surface area contributed by atoms with E-state index in [1.54, 1.807) is 63.2 Å². The molecule has 0 spiro atoms. The van der Waals surface area contributed by atoms with Crippen LogP contribution in [-0.4, -0.2) is 18.2 Å². The van der Waals surface area contributed by atoms with Crippen molar-refractivity contribution in [1.82, 2.24) is 0 Å². The number of carbonyl (C=O) groups excluding carboxylic acids is 1. The Kier molecular flexibility index (Phi) is 5.51. The third kappa shape index (κ3) is 4.31. The lowest BCUT2D eigenvalue weighted by atomic mass is 10.1. The molecule has 0 saturated heterocycles. The van der Waals surface area contributed by atoms with E-state index < -0.39 is 12.1 Å². The molecule has 0 aliphatic heterocycles. The molecule has 1 heterocycles. The first-order valence-corrected chi connectivity index (χ1v) is 8.91. The second kappa shape index (κ2) is 7.84. The smallest absolute Gasteiger partial charge is 0.347 e. The van der Waals surface area contributed by atoms with Gasteiger partial charge in [0.2, 0.25) is 0 Å². The van der Waals surface area contributed by atoms with Crippen molar-refractivity contribution in [3.05, 3.63) is 64.0 Å². The molecule has 0 aliphatic carbocycles. The van der Waals surface area contributed by atoms with Gasteiger partial charge in [0.15, 0.2) is 11.5 Å². The minimum Gasteiger partial charge on any atom is -0.479 e. The van der Waals surface area contributed by atoms with Crippen LogP contribution < -0.4 is 10.2 Å². The fraction of sp³-hybridized carbons (Fsp3) is 0.238. The van der Waals surface area contributed by atoms with E-state index >= 15 is 0 Å². The highest BCUT2D eigenvalue weighted by atomic mass is 35.5. The summed E-state index contributed by atoms with van der Waals surface area (Å²) in [4.78, 5) is 24.6. The van der Waals surface area contributed by atoms with Crippen LogP contribution in [0.15, 0.2) is 57.9 Å². The molecule has 0 N–H and O–H groups in total. The van der Waals surface area contributed by atoms with Gasteiger partial charge in [-0.3, -0.25) is 4.79 Å². The molecule has 2 aromatic carbocycles. The zero-order chi connectivity index (χ0) is 19.6. The summed E-state index contributed by atoms with van der Waals surface area (Å²) in [6.07, 6.45) is 0.420. The fourth-order valence-corrected chi connectivity index (χ4v) is 2.72. The Morgan fingerprint density at radius 2 is 1.78 bits per heavy atom. The van der Waals surface area contributed by atoms with Gasteiger partial charge in [0.1, 0.15) is 17.6 Å². The Hall–Kier alpha value is -2.79. The van der Waals surface area contributed by atoms with Gasteiger partial charge in [0.05, 0.1) is 17.1 Å². The molecule has 0 radical (unpaired) electrons. The van der Waals surface area contributed by atoms with Gasteiger partial charge in [0, 0.05) is 11.1 Å². The minimum absolute atomic E-state index is 0.155. The van der Waals surface area contributed by atoms with Gasteiger partial charge in [-0.05, 0) is 50.6 Å². The van der Waals surface area contributed by atoms with Crippen molar-refractivity contribution in [2.75, 3.05) is 0 Å². The van der Waals surface area contributed by atoms with Crippen molar-refractivity contribution in [3.8, 4) is 16.9 Å². The Morgan fingerprint density at radius 3 is 2.44 bits per heavy atom. The summed E-state index contributed by atoms with van der Waals surface area (Å²) in [5, 5.41) is 1.02. The molecule has 1 unspecified atom stereocenters. The third-order valence-corrected chi connectivity index (χ3v) is 4.15. The quantitative estimate of drug-likeness (QED) is 0.587. The lowest BCUT2D eigenvalue weighted by Gasteiger charge is -2.15. The molecule has 0 amide bonds. The van der Waals surface area contributed by atoms with E-state index in [1.165, 1.54) is 6.26 Å². The molecule has 0 bridgehead atoms. The number of benzene rings is 2. The maximum Gasteiger partial charge on any atom is 0.347 e. The highest BCUT2D eigenvalue weighted by molar-refractivity contribution is 6.30. The molecular formula is C21H19ClO5. The van der Waals surface area contributed by atoms with Crippen LogP contribution in [0.2, 0.25) is 5.02 Å². The number of hydrogen-bond acceptors (Lipinski definition) is 5. The zero-order valence-corrected chi connectivity index (χ0v) is 15.9. The van der Waals surface area contributed by atoms with Crippen LogP contribution >= 0.6 is 11.6 Å². The maximum absolute atomic E-state index is 12.8. The Labute approximate surface area is 161 Å². The van der Waals surface area contributed by atoms with E-state index in [0.29, 0.717) is 27.3 Å². The van der Waals surface area contributed by atoms with Gasteiger partial charge in [0.25, 0.3) is 0 Å². The minimum atomic E-state index is -0.773. The van der Waals surface area contributed by atoms with Crippen LogP contribution in [0.25, 0.3) is 22.1 Å². The fourth-order valence-electron chi connectivity index (χ4n) is 2.59. The number of rotatable bonds is 5. The standard InChI is InChI=1S/C21H19ClO5/c1-12(2)26-21(24)13(3)27-16-8-9-17-19(10-16)25-11-18(20(17)23)14-4-6-15(22)7-5-14/h4-13H,1-3H3. The third-order valence-electron chi connectivity index (χ3n) is 3.90. The molecule has 0 aliphatic rings. The average Bonchev–Trinajstić information content (AvgIpc) is 2.62. The molecule has 0 saturated carbocycles. The second-order valence-electron chi connectivity index (χ2n) is 6.39. The van der Waals surface area contributed by atoms with E-state index in [1.807, 2.05) is 0 Å². The highest BCUT2D eigenvalue weighted by Crippen LogP contribution is 2.24. The van der Waals surface area contributed by atoms with Crippen LogP contribution in [0.5, 0.6) is 5.75 Å². The summed E-state index contributed by atoms with van der Waals surface area (Å²) >= 11 is 5.89. The summed E-state index contributed by atoms with van der Waals surface area (Å²) in [5.74, 6) is -0.0391. The van der Waals surface area contributed by atoms with Crippen molar-refractivity contribution in [1.29, 1.82) is 0 Å². The van der Waals surface area contributed by atoms with E-state index in [-0.39, 0.29) is 11.5 Å². The number of halogens is 1. The van der Waals surface area contributed by atoms with Crippen molar-refractivity contribution >= 4 is 28.5 Å². The molecule has 3 rings (SSSR count). The second-order valence-corrected chi connectivity index (χ2v) is 6.83. The topological polar surface area (TPSA) is 65.7 Å². The number of esters is 1. The van der Waals surface area contributed by atoms with Crippen LogP contribution in [0.4, 0.5) is 0 Å². The van der Waals surface area contributed by atoms with Gasteiger partial charge >= 0.3 is 5.97 Å². The summed E-state index contributed by atoms with van der Waals surface area (Å²) in [6.45, 7) is 5.15. The highest BCUT2D eigenvalue weighted by Gasteiger charge is 2.18. The maximum atomic E-state index is 12.8. The first kappa shape index (κ1) is 19.0. The number of hydrogen-bond donors (Lipinski definition) is 0. The molecule has 6 heteroatoms. The molecule has 0 fully saturated rings. The number of carbonyl (C=O) groups is 1. The lowest BCUT2D eigenvalue weighted by Crippen LogP contribution is -2.28. The summed E-state index contributed by atoms with van der Waals surface area (Å²) < 4.78 is 16.3. The monoisotopic (exact) mass is 386 g/mol. The van der Waals surface area contributed by atoms with Crippen molar-refractivity contribution in [3.63, 3.8) is 0 Å². The van der Waals surface area contributed by atoms with E-state index in [2.05, 4.69) is 0 Å². The van der Waals surface area contributed by atoms with Crippen LogP contribution in [-0.2, 0) is 9.53 Å². The Bertz CT molecular complexity index is 1020. The summed E-state index contributed by atoms with van der Waals surface area (Å²) in [5.41, 5.74) is 1.39. The molecule has 1 aromatic heterocycles. The van der Waals surface area contributed by atoms with Gasteiger partial charge in [-0.25, -0.2) is 4.79 Å². The zero-order valence-electron chi connectivity index (χ0n) is 15.2. The van der Waals surface area contributed by atoms with E-state index in [4.69, 9.17) is 25.5 Å². The van der Waals surface area contributed by atoms with Gasteiger partial charge in [-0.15, -0.1) is 0 Å². The molecule has 5 nitrogen and oxygen atoms in total. The largest absolute Gasteiger partial charge is 0.479 e. The van der Waals surface area contributed by atoms with Crippen LogP contribution in [0.3, 0.4) is 0 Å². The SMILES string of the molecule is CC(C)OC(=O)C(C)Oc1ccc2c(=O)c(-c3ccc(Cl)cc3)coc2c1. The predicted molar refractivity (Wildman–Crippen MR) is 104 cm³/mol. The van der Waals surface area contributed by atoms with Gasteiger partial charge < -0.3 is 13.9 Å². The van der Waals surface area contributed by atoms with Gasteiger partial charge in [-0.1, -0.05) is 23.7 Å². The summed E-state index contributed by atoms with van der Waals surface area (Å²) in [7, 11) is 0. The summed E-state index contributed by atoms with van der Waals surface area (Å²) in [6, 6.07) is 11.8. The number of fused-ring (bicyclic) bond motifs is 1. The predicted octanol–water partition coefficient (Wildman–Crippen LogP) is 4.83. The Morgan fingerprint density at radius 1 is 1.07 bits per heavy atom. The molecular weight excluding hydrogens is 368 g/mol. The molecule has 3 aromatic rings. The van der Waals surface area contributed by atoms with E-state index in [0.717, 1.165) is 5.56 Å². The lowest BCUT2D eigenvalue weighted by molar-refractivity contribution is -0.154. The van der Waals surface area contributed by atoms with Crippen LogP contribution in [0.1, 0.15) is 20.8 Å². The van der Waals surface area contributed by atoms with Crippen molar-refractivity contribution in [2.45, 2.75) is 33.0 Å². The van der Waals surface area contributed by atoms with Crippen molar-refractivity contribution in [2.24, 2.45) is 0 Å². The molecule has 27 heavy (non-hydrogen) atoms. The van der Waals surface area contributed by atoms with Crippen LogP contribution in [0, 0.1) is 0 Å². The van der Waals surface area contributed by atoms with Gasteiger partial charge in [-0.2, -0.15) is 0 Å².